The molecule has 0 spiro atoms. The first-order valence-electron chi connectivity index (χ1n) is 12.9. The number of nitrogen functional groups attached to an aromatic ring is 2. The van der Waals surface area contributed by atoms with Crippen LogP contribution in [0.3, 0.4) is 0 Å². The van der Waals surface area contributed by atoms with Crippen molar-refractivity contribution >= 4 is 42.4 Å². The molecule has 14 nitrogen and oxygen atoms in total. The number of ether oxygens (including phenoxy) is 2. The lowest BCUT2D eigenvalue weighted by atomic mass is 9.87. The van der Waals surface area contributed by atoms with Gasteiger partial charge in [-0.25, -0.2) is 9.97 Å². The summed E-state index contributed by atoms with van der Waals surface area (Å²) >= 11 is 0. The van der Waals surface area contributed by atoms with E-state index in [1.54, 1.807) is 4.57 Å². The zero-order chi connectivity index (χ0) is 30.4. The second-order valence-electron chi connectivity index (χ2n) is 10.0. The summed E-state index contributed by atoms with van der Waals surface area (Å²) in [6.45, 7) is 3.50. The molecule has 223 valence electrons. The maximum atomic E-state index is 13.4. The summed E-state index contributed by atoms with van der Waals surface area (Å²) in [7, 11) is 0. The molecule has 6 N–H and O–H groups in total. The van der Waals surface area contributed by atoms with Gasteiger partial charge in [-0.15, -0.1) is 12.8 Å². The molecule has 6 rings (SSSR count). The Morgan fingerprint density at radius 1 is 0.930 bits per heavy atom. The summed E-state index contributed by atoms with van der Waals surface area (Å²) in [5, 5.41) is 19.3. The molecule has 17 heteroatoms. The first-order valence-corrected chi connectivity index (χ1v) is 12.9. The third kappa shape index (κ3) is 5.21. The van der Waals surface area contributed by atoms with Gasteiger partial charge in [-0.05, 0) is 12.8 Å². The Bertz CT molecular complexity index is 1610. The number of fused-ring (bicyclic) bond motifs is 2. The van der Waals surface area contributed by atoms with Crippen molar-refractivity contribution in [2.75, 3.05) is 18.1 Å². The number of terminal acetylenes is 2. The number of hydrogen-bond donors (Lipinski definition) is 4. The summed E-state index contributed by atoms with van der Waals surface area (Å²) in [6.07, 6.45) is 11.3. The fourth-order valence-corrected chi connectivity index (χ4v) is 5.26. The fraction of sp³-hybridized carbons (Fsp3) is 0.462. The van der Waals surface area contributed by atoms with Gasteiger partial charge in [0.1, 0.15) is 24.2 Å². The Morgan fingerprint density at radius 3 is 1.79 bits per heavy atom. The third-order valence-electron chi connectivity index (χ3n) is 7.72. The Kier molecular flexibility index (Phi) is 8.57. The number of imidazole rings is 2. The van der Waals surface area contributed by atoms with E-state index in [1.807, 2.05) is 13.8 Å². The molecule has 0 saturated carbocycles. The Morgan fingerprint density at radius 2 is 1.40 bits per heavy atom. The van der Waals surface area contributed by atoms with E-state index >= 15 is 0 Å². The minimum atomic E-state index is -1.50. The number of hydrogen-bond acceptors (Lipinski definition) is 12. The molecule has 6 atom stereocenters. The molecule has 0 aromatic carbocycles. The Labute approximate surface area is 246 Å². The first kappa shape index (κ1) is 31.5. The van der Waals surface area contributed by atoms with Crippen molar-refractivity contribution in [1.29, 1.82) is 0 Å². The molecule has 2 aliphatic heterocycles. The standard InChI is InChI=1S/C14H16FN5O.C12H12FN5O3.B/c1-4-14(5-2)8(3)6-9(21-14)20-7-17-10-11(16)18-13(15)19-12(10)20;1-2-12(4-19)6(20)3-7(21-12)18-5-15-8-9(14)16-11(13)17-10(8)18;/h1,7-9H,5-6H2,2-3H3,(H2,16,18,19);1,5-7,19-20H,3-4H2,(H2,14,16,17);/t8-,9+,14+;6-,7+,12+;/m00./s1. The number of nitrogens with zero attached hydrogens (tertiary/aromatic N) is 8. The molecule has 2 fully saturated rings. The van der Waals surface area contributed by atoms with Crippen LogP contribution >= 0.6 is 0 Å². The predicted molar refractivity (Wildman–Crippen MR) is 150 cm³/mol. The van der Waals surface area contributed by atoms with Gasteiger partial charge in [0, 0.05) is 20.8 Å². The zero-order valence-corrected chi connectivity index (χ0v) is 23.2. The van der Waals surface area contributed by atoms with E-state index < -0.39 is 42.3 Å². The van der Waals surface area contributed by atoms with Crippen molar-refractivity contribution in [2.24, 2.45) is 5.92 Å². The van der Waals surface area contributed by atoms with E-state index in [0.717, 1.165) is 0 Å². The summed E-state index contributed by atoms with van der Waals surface area (Å²) in [6, 6.07) is 0. The first-order chi connectivity index (χ1) is 20.0. The average Bonchev–Trinajstić information content (AvgIpc) is 3.72. The molecule has 0 aliphatic carbocycles. The Balaban J connectivity index is 0.000000192. The lowest BCUT2D eigenvalue weighted by molar-refractivity contribution is -0.0891. The van der Waals surface area contributed by atoms with Crippen molar-refractivity contribution in [2.45, 2.75) is 62.9 Å². The smallest absolute Gasteiger partial charge is 0.312 e. The molecule has 4 aromatic heterocycles. The van der Waals surface area contributed by atoms with E-state index in [2.05, 4.69) is 41.7 Å². The predicted octanol–water partition coefficient (Wildman–Crippen LogP) is 0.696. The maximum absolute atomic E-state index is 13.4. The molecule has 3 radical (unpaired) electrons. The molecule has 2 aliphatic rings. The van der Waals surface area contributed by atoms with Crippen molar-refractivity contribution < 1.29 is 28.5 Å². The van der Waals surface area contributed by atoms with Crippen LogP contribution in [0.15, 0.2) is 12.7 Å². The van der Waals surface area contributed by atoms with E-state index in [1.165, 1.54) is 17.2 Å². The number of aromatic nitrogens is 8. The molecule has 4 aromatic rings. The van der Waals surface area contributed by atoms with Crippen LogP contribution in [0.25, 0.3) is 22.3 Å². The van der Waals surface area contributed by atoms with Crippen molar-refractivity contribution in [3.63, 3.8) is 0 Å². The van der Waals surface area contributed by atoms with Gasteiger partial charge in [0.15, 0.2) is 39.6 Å². The highest BCUT2D eigenvalue weighted by Crippen LogP contribution is 2.43. The highest BCUT2D eigenvalue weighted by atomic mass is 19.1. The number of aliphatic hydroxyl groups is 2. The van der Waals surface area contributed by atoms with Crippen LogP contribution in [0.2, 0.25) is 0 Å². The normalized spacial score (nSPS) is 28.2. The van der Waals surface area contributed by atoms with Crippen LogP contribution in [0.1, 0.15) is 45.6 Å². The number of nitrogens with two attached hydrogens (primary N) is 2. The van der Waals surface area contributed by atoms with Crippen LogP contribution in [0, 0.1) is 42.8 Å². The van der Waals surface area contributed by atoms with Crippen molar-refractivity contribution in [3.8, 4) is 24.7 Å². The fourth-order valence-electron chi connectivity index (χ4n) is 5.26. The van der Waals surface area contributed by atoms with Crippen molar-refractivity contribution in [1.82, 2.24) is 39.0 Å². The number of rotatable bonds is 4. The van der Waals surface area contributed by atoms with Gasteiger partial charge in [0.25, 0.3) is 0 Å². The van der Waals surface area contributed by atoms with Crippen LogP contribution in [-0.4, -0.2) is 81.6 Å². The molecule has 0 unspecified atom stereocenters. The lowest BCUT2D eigenvalue weighted by Crippen LogP contribution is -2.41. The SMILES string of the molecule is C#C[C@]1(CC)O[C@@H](n2cnc3c(N)nc(F)nc32)C[C@@H]1C.C#C[C@]1(CO)O[C@@H](n2cnc3c(N)nc(F)nc32)C[C@@H]1O.[B]. The zero-order valence-electron chi connectivity index (χ0n) is 23.2. The third-order valence-corrected chi connectivity index (χ3v) is 7.72. The number of aliphatic hydroxyl groups excluding tert-OH is 2. The molecular weight excluding hydrogens is 565 g/mol. The van der Waals surface area contributed by atoms with Crippen LogP contribution in [-0.2, 0) is 9.47 Å². The highest BCUT2D eigenvalue weighted by Gasteiger charge is 2.48. The second-order valence-corrected chi connectivity index (χ2v) is 10.0. The van der Waals surface area contributed by atoms with E-state index in [0.29, 0.717) is 24.0 Å². The molecule has 0 bridgehead atoms. The van der Waals surface area contributed by atoms with Gasteiger partial charge in [-0.2, -0.15) is 28.7 Å². The summed E-state index contributed by atoms with van der Waals surface area (Å²) < 4.78 is 41.4. The summed E-state index contributed by atoms with van der Waals surface area (Å²) in [4.78, 5) is 22.4. The minimum absolute atomic E-state index is 0. The van der Waals surface area contributed by atoms with Gasteiger partial charge < -0.3 is 31.2 Å². The van der Waals surface area contributed by atoms with Gasteiger partial charge in [-0.3, -0.25) is 9.13 Å². The quantitative estimate of drug-likeness (QED) is 0.147. The highest BCUT2D eigenvalue weighted by molar-refractivity contribution is 5.82. The molecule has 43 heavy (non-hydrogen) atoms. The second kappa shape index (κ2) is 11.7. The average molecular weight is 593 g/mol. The van der Waals surface area contributed by atoms with E-state index in [-0.39, 0.29) is 49.8 Å². The van der Waals surface area contributed by atoms with E-state index in [4.69, 9.17) is 33.8 Å². The molecular formula is C26H28BF2N10O4. The molecule has 0 amide bonds. The number of halogens is 2. The van der Waals surface area contributed by atoms with Gasteiger partial charge in [0.2, 0.25) is 0 Å². The van der Waals surface area contributed by atoms with Crippen LogP contribution < -0.4 is 11.5 Å². The van der Waals surface area contributed by atoms with Crippen molar-refractivity contribution in [3.05, 3.63) is 24.8 Å². The monoisotopic (exact) mass is 593 g/mol. The van der Waals surface area contributed by atoms with Gasteiger partial charge in [-0.1, -0.05) is 25.7 Å². The van der Waals surface area contributed by atoms with Gasteiger partial charge >= 0.3 is 12.2 Å². The number of anilines is 2. The molecule has 2 saturated heterocycles. The topological polar surface area (TPSA) is 198 Å². The summed E-state index contributed by atoms with van der Waals surface area (Å²) in [5.41, 5.74) is 10.2. The summed E-state index contributed by atoms with van der Waals surface area (Å²) in [5.74, 6) is 5.10. The largest absolute Gasteiger partial charge is 0.392 e. The van der Waals surface area contributed by atoms with E-state index in [9.17, 15) is 19.0 Å². The minimum Gasteiger partial charge on any atom is -0.392 e. The lowest BCUT2D eigenvalue weighted by Gasteiger charge is -2.25. The van der Waals surface area contributed by atoms with Crippen LogP contribution in [0.4, 0.5) is 20.4 Å². The molecule has 6 heterocycles. The van der Waals surface area contributed by atoms with Crippen LogP contribution in [0.5, 0.6) is 0 Å². The maximum Gasteiger partial charge on any atom is 0.312 e. The Hall–Kier alpha value is -4.42. The van der Waals surface area contributed by atoms with Gasteiger partial charge in [0.05, 0.1) is 19.3 Å².